The van der Waals surface area contributed by atoms with Crippen LogP contribution in [0.1, 0.15) is 26.5 Å². The molecule has 0 aliphatic heterocycles. The first-order valence-corrected chi connectivity index (χ1v) is 9.51. The summed E-state index contributed by atoms with van der Waals surface area (Å²) in [5, 5.41) is 9.18. The van der Waals surface area contributed by atoms with Crippen molar-refractivity contribution in [2.24, 2.45) is 5.73 Å². The molecule has 9 nitrogen and oxygen atoms in total. The number of rotatable bonds is 8. The molecule has 3 rings (SSSR count). The Kier molecular flexibility index (Phi) is 7.17. The number of aromatic nitrogens is 3. The Morgan fingerprint density at radius 1 is 1.00 bits per heavy atom. The predicted octanol–water partition coefficient (Wildman–Crippen LogP) is 3.14. The van der Waals surface area contributed by atoms with Crippen molar-refractivity contribution in [2.75, 3.05) is 6.54 Å². The van der Waals surface area contributed by atoms with E-state index in [1.165, 1.54) is 36.4 Å². The first kappa shape index (κ1) is 25.3. The molecule has 0 atom stereocenters. The molecule has 0 fully saturated rings. The van der Waals surface area contributed by atoms with E-state index in [4.69, 9.17) is 10.5 Å². The average Bonchev–Trinajstić information content (AvgIpc) is 3.19. The van der Waals surface area contributed by atoms with Crippen molar-refractivity contribution < 1.29 is 45.4 Å². The molecule has 0 spiro atoms. The molecule has 0 radical (unpaired) electrons. The van der Waals surface area contributed by atoms with Gasteiger partial charge in [0, 0.05) is 11.6 Å². The number of nitrogens with two attached hydrogens (primary N) is 1. The summed E-state index contributed by atoms with van der Waals surface area (Å²) >= 11 is 0. The third-order valence-corrected chi connectivity index (χ3v) is 4.23. The Morgan fingerprint density at radius 3 is 2.26 bits per heavy atom. The van der Waals surface area contributed by atoms with E-state index in [1.807, 2.05) is 0 Å². The number of benzene rings is 2. The second kappa shape index (κ2) is 9.90. The van der Waals surface area contributed by atoms with Crippen molar-refractivity contribution in [2.45, 2.75) is 19.1 Å². The topological polar surface area (TPSA) is 121 Å². The molecule has 35 heavy (non-hydrogen) atoms. The number of primary amides is 1. The predicted molar refractivity (Wildman–Crippen MR) is 106 cm³/mol. The van der Waals surface area contributed by atoms with Crippen LogP contribution in [-0.2, 0) is 6.61 Å². The number of hydrogen-bond acceptors (Lipinski definition) is 6. The average molecular weight is 503 g/mol. The first-order chi connectivity index (χ1) is 16.3. The van der Waals surface area contributed by atoms with Crippen molar-refractivity contribution >= 4 is 11.8 Å². The maximum atomic E-state index is 12.4. The molecule has 3 N–H and O–H groups in total. The van der Waals surface area contributed by atoms with Crippen molar-refractivity contribution in [1.82, 2.24) is 20.3 Å². The molecule has 186 valence electrons. The summed E-state index contributed by atoms with van der Waals surface area (Å²) in [5.74, 6) is -2.50. The van der Waals surface area contributed by atoms with Crippen LogP contribution in [-0.4, -0.2) is 45.9 Å². The minimum Gasteiger partial charge on any atom is -0.487 e. The fraction of sp³-hybridized carbons (Fsp3) is 0.200. The highest BCUT2D eigenvalue weighted by molar-refractivity contribution is 5.94. The fourth-order valence-electron chi connectivity index (χ4n) is 2.78. The molecular formula is C20H15F6N5O4. The van der Waals surface area contributed by atoms with Crippen LogP contribution in [0.4, 0.5) is 26.3 Å². The smallest absolute Gasteiger partial charge is 0.487 e. The molecule has 2 amide bonds. The lowest BCUT2D eigenvalue weighted by atomic mass is 10.2. The van der Waals surface area contributed by atoms with Gasteiger partial charge in [0.25, 0.3) is 11.8 Å². The highest BCUT2D eigenvalue weighted by Crippen LogP contribution is 2.27. The summed E-state index contributed by atoms with van der Waals surface area (Å²) in [5.41, 5.74) is 5.20. The Bertz CT molecular complexity index is 1210. The van der Waals surface area contributed by atoms with Crippen molar-refractivity contribution in [3.63, 3.8) is 0 Å². The molecule has 0 saturated heterocycles. The van der Waals surface area contributed by atoms with Crippen LogP contribution < -0.4 is 20.5 Å². The first-order valence-electron chi connectivity index (χ1n) is 9.51. The lowest BCUT2D eigenvalue weighted by Gasteiger charge is -2.12. The zero-order chi connectivity index (χ0) is 25.8. The van der Waals surface area contributed by atoms with E-state index in [0.29, 0.717) is 0 Å². The van der Waals surface area contributed by atoms with Gasteiger partial charge in [0.2, 0.25) is 0 Å². The normalized spacial score (nSPS) is 11.7. The van der Waals surface area contributed by atoms with Crippen molar-refractivity contribution in [3.05, 3.63) is 65.5 Å². The van der Waals surface area contributed by atoms with E-state index < -0.39 is 43.3 Å². The Labute approximate surface area is 192 Å². The van der Waals surface area contributed by atoms with Crippen LogP contribution in [0.25, 0.3) is 5.69 Å². The summed E-state index contributed by atoms with van der Waals surface area (Å²) < 4.78 is 84.5. The van der Waals surface area contributed by atoms with Gasteiger partial charge in [-0.2, -0.15) is 13.2 Å². The molecular weight excluding hydrogens is 488 g/mol. The highest BCUT2D eigenvalue weighted by atomic mass is 19.4. The molecule has 2 aromatic carbocycles. The van der Waals surface area contributed by atoms with Gasteiger partial charge in [0.05, 0.1) is 5.69 Å². The monoisotopic (exact) mass is 503 g/mol. The standard InChI is InChI=1S/C20H15F6N5O4/c21-19(22,23)10-28-18(33)11-4-6-12(7-5-11)31-15(16(17(27)32)29-30-31)9-34-13-2-1-3-14(8-13)35-20(24,25)26/h1-8H,9-10H2,(H2,27,32)(H,28,33). The number of amides is 2. The fourth-order valence-corrected chi connectivity index (χ4v) is 2.78. The molecule has 3 aromatic rings. The van der Waals surface area contributed by atoms with Gasteiger partial charge in [-0.3, -0.25) is 9.59 Å². The van der Waals surface area contributed by atoms with Crippen LogP contribution in [0.15, 0.2) is 48.5 Å². The molecule has 0 aliphatic carbocycles. The molecule has 0 bridgehead atoms. The van der Waals surface area contributed by atoms with Gasteiger partial charge in [0.1, 0.15) is 30.3 Å². The third-order valence-electron chi connectivity index (χ3n) is 4.23. The van der Waals surface area contributed by atoms with Gasteiger partial charge >= 0.3 is 12.5 Å². The lowest BCUT2D eigenvalue weighted by Crippen LogP contribution is -2.33. The molecule has 1 heterocycles. The number of hydrogen-bond donors (Lipinski definition) is 2. The van der Waals surface area contributed by atoms with E-state index in [2.05, 4.69) is 15.0 Å². The quantitative estimate of drug-likeness (QED) is 0.456. The van der Waals surface area contributed by atoms with Gasteiger partial charge in [-0.05, 0) is 36.4 Å². The zero-order valence-corrected chi connectivity index (χ0v) is 17.4. The number of nitrogens with one attached hydrogen (secondary N) is 1. The maximum Gasteiger partial charge on any atom is 0.573 e. The number of carbonyl (C=O) groups excluding carboxylic acids is 2. The summed E-state index contributed by atoms with van der Waals surface area (Å²) in [4.78, 5) is 23.6. The number of ether oxygens (including phenoxy) is 2. The zero-order valence-electron chi connectivity index (χ0n) is 17.4. The Morgan fingerprint density at radius 2 is 1.66 bits per heavy atom. The summed E-state index contributed by atoms with van der Waals surface area (Å²) in [6.45, 7) is -1.91. The van der Waals surface area contributed by atoms with Gasteiger partial charge in [-0.25, -0.2) is 4.68 Å². The van der Waals surface area contributed by atoms with Gasteiger partial charge < -0.3 is 20.5 Å². The largest absolute Gasteiger partial charge is 0.573 e. The maximum absolute atomic E-state index is 12.4. The van der Waals surface area contributed by atoms with Crippen molar-refractivity contribution in [3.8, 4) is 17.2 Å². The number of nitrogens with zero attached hydrogens (tertiary/aromatic N) is 3. The van der Waals surface area contributed by atoms with E-state index in [0.717, 1.165) is 16.8 Å². The summed E-state index contributed by atoms with van der Waals surface area (Å²) in [6.07, 6.45) is -9.48. The second-order valence-corrected chi connectivity index (χ2v) is 6.82. The minimum atomic E-state index is -4.91. The molecule has 15 heteroatoms. The lowest BCUT2D eigenvalue weighted by molar-refractivity contribution is -0.274. The van der Waals surface area contributed by atoms with Crippen LogP contribution in [0.5, 0.6) is 11.5 Å². The Balaban J connectivity index is 1.80. The van der Waals surface area contributed by atoms with Crippen LogP contribution >= 0.6 is 0 Å². The summed E-state index contributed by atoms with van der Waals surface area (Å²) in [6, 6.07) is 9.71. The van der Waals surface area contributed by atoms with Gasteiger partial charge in [-0.1, -0.05) is 11.3 Å². The van der Waals surface area contributed by atoms with E-state index in [1.54, 1.807) is 5.32 Å². The SMILES string of the molecule is NC(=O)c1nnn(-c2ccc(C(=O)NCC(F)(F)F)cc2)c1COc1cccc(OC(F)(F)F)c1. The molecule has 1 aromatic heterocycles. The van der Waals surface area contributed by atoms with Crippen LogP contribution in [0.2, 0.25) is 0 Å². The minimum absolute atomic E-state index is 0.0221. The third kappa shape index (κ3) is 7.09. The number of halogens is 6. The molecule has 0 aliphatic rings. The highest BCUT2D eigenvalue weighted by Gasteiger charge is 2.31. The molecule has 0 unspecified atom stereocenters. The van der Waals surface area contributed by atoms with E-state index >= 15 is 0 Å². The van der Waals surface area contributed by atoms with Crippen LogP contribution in [0, 0.1) is 0 Å². The number of alkyl halides is 6. The Hall–Kier alpha value is -4.30. The summed E-state index contributed by atoms with van der Waals surface area (Å²) in [7, 11) is 0. The number of carbonyl (C=O) groups is 2. The van der Waals surface area contributed by atoms with Crippen molar-refractivity contribution in [1.29, 1.82) is 0 Å². The van der Waals surface area contributed by atoms with E-state index in [9.17, 15) is 35.9 Å². The second-order valence-electron chi connectivity index (χ2n) is 6.82. The van der Waals surface area contributed by atoms with E-state index in [-0.39, 0.29) is 28.4 Å². The van der Waals surface area contributed by atoms with Crippen LogP contribution in [0.3, 0.4) is 0 Å². The van der Waals surface area contributed by atoms with Gasteiger partial charge in [0.15, 0.2) is 5.69 Å². The van der Waals surface area contributed by atoms with Gasteiger partial charge in [-0.15, -0.1) is 18.3 Å². The molecule has 0 saturated carbocycles.